The van der Waals surface area contributed by atoms with Gasteiger partial charge in [-0.3, -0.25) is 4.98 Å². The number of nitrogens with one attached hydrogen (secondary N) is 1. The minimum absolute atomic E-state index is 0.220. The van der Waals surface area contributed by atoms with Crippen molar-refractivity contribution in [3.63, 3.8) is 0 Å². The molecule has 2 aromatic rings. The number of nitrogens with zero attached hydrogens (tertiary/aromatic N) is 1. The van der Waals surface area contributed by atoms with Crippen molar-refractivity contribution in [1.29, 1.82) is 0 Å². The van der Waals surface area contributed by atoms with E-state index in [0.717, 1.165) is 30.8 Å². The number of hydrogen-bond acceptors (Lipinski definition) is 3. The van der Waals surface area contributed by atoms with E-state index in [0.29, 0.717) is 0 Å². The summed E-state index contributed by atoms with van der Waals surface area (Å²) in [6.07, 6.45) is 5.42. The van der Waals surface area contributed by atoms with E-state index in [2.05, 4.69) is 30.2 Å². The molecule has 1 unspecified atom stereocenters. The molecule has 0 radical (unpaired) electrons. The molecule has 2 rings (SSSR count). The summed E-state index contributed by atoms with van der Waals surface area (Å²) in [6.45, 7) is 5.20. The summed E-state index contributed by atoms with van der Waals surface area (Å²) < 4.78 is 5.44. The first kappa shape index (κ1) is 12.8. The Morgan fingerprint density at radius 3 is 2.83 bits per heavy atom. The summed E-state index contributed by atoms with van der Waals surface area (Å²) >= 11 is 0. The summed E-state index contributed by atoms with van der Waals surface area (Å²) in [5.74, 6) is 0.994. The van der Waals surface area contributed by atoms with Gasteiger partial charge in [-0.1, -0.05) is 19.9 Å². The molecule has 0 saturated carbocycles. The average Bonchev–Trinajstić information content (AvgIpc) is 2.91. The zero-order valence-electron chi connectivity index (χ0n) is 11.0. The number of pyridine rings is 1. The fourth-order valence-electron chi connectivity index (χ4n) is 2.21. The van der Waals surface area contributed by atoms with Gasteiger partial charge in [-0.2, -0.15) is 0 Å². The average molecular weight is 244 g/mol. The van der Waals surface area contributed by atoms with Crippen LogP contribution < -0.4 is 5.32 Å². The van der Waals surface area contributed by atoms with Crippen molar-refractivity contribution >= 4 is 0 Å². The molecule has 1 N–H and O–H groups in total. The molecule has 0 amide bonds. The molecular formula is C15H20N2O. The lowest BCUT2D eigenvalue weighted by Crippen LogP contribution is -2.25. The van der Waals surface area contributed by atoms with Crippen LogP contribution in [0.3, 0.4) is 0 Å². The van der Waals surface area contributed by atoms with Crippen LogP contribution in [0.2, 0.25) is 0 Å². The standard InChI is InChI=1S/C15H20N2O/c1-3-12-7-5-9-17-15(12)14(16-4-2)11-13-8-6-10-18-13/h5-10,14,16H,3-4,11H2,1-2H3. The lowest BCUT2D eigenvalue weighted by Gasteiger charge is -2.18. The molecule has 0 fully saturated rings. The molecule has 0 aromatic carbocycles. The van der Waals surface area contributed by atoms with Crippen LogP contribution in [0.1, 0.15) is 36.9 Å². The monoisotopic (exact) mass is 244 g/mol. The van der Waals surface area contributed by atoms with E-state index in [1.165, 1.54) is 5.56 Å². The zero-order valence-corrected chi connectivity index (χ0v) is 11.0. The second-order valence-corrected chi connectivity index (χ2v) is 4.30. The minimum atomic E-state index is 0.220. The van der Waals surface area contributed by atoms with Crippen LogP contribution in [0, 0.1) is 0 Å². The van der Waals surface area contributed by atoms with Gasteiger partial charge in [-0.25, -0.2) is 0 Å². The highest BCUT2D eigenvalue weighted by Gasteiger charge is 2.16. The second-order valence-electron chi connectivity index (χ2n) is 4.30. The third kappa shape index (κ3) is 2.99. The molecule has 3 nitrogen and oxygen atoms in total. The molecule has 3 heteroatoms. The van der Waals surface area contributed by atoms with Crippen LogP contribution >= 0.6 is 0 Å². The zero-order chi connectivity index (χ0) is 12.8. The van der Waals surface area contributed by atoms with Crippen molar-refractivity contribution in [2.24, 2.45) is 0 Å². The SMILES string of the molecule is CCNC(Cc1ccco1)c1ncccc1CC. The van der Waals surface area contributed by atoms with Gasteiger partial charge >= 0.3 is 0 Å². The molecule has 0 aliphatic rings. The van der Waals surface area contributed by atoms with Gasteiger partial charge in [-0.05, 0) is 36.7 Å². The normalized spacial score (nSPS) is 12.6. The lowest BCUT2D eigenvalue weighted by molar-refractivity contribution is 0.448. The summed E-state index contributed by atoms with van der Waals surface area (Å²) in [6, 6.07) is 8.31. The molecular weight excluding hydrogens is 224 g/mol. The molecule has 18 heavy (non-hydrogen) atoms. The van der Waals surface area contributed by atoms with E-state index >= 15 is 0 Å². The van der Waals surface area contributed by atoms with Crippen molar-refractivity contribution in [3.05, 3.63) is 53.7 Å². The van der Waals surface area contributed by atoms with Crippen LogP contribution in [0.15, 0.2) is 41.1 Å². The van der Waals surface area contributed by atoms with Crippen molar-refractivity contribution in [2.45, 2.75) is 32.7 Å². The Bertz CT molecular complexity index is 465. The maximum atomic E-state index is 5.44. The van der Waals surface area contributed by atoms with Crippen LogP contribution in [0.4, 0.5) is 0 Å². The van der Waals surface area contributed by atoms with Gasteiger partial charge in [0.25, 0.3) is 0 Å². The Balaban J connectivity index is 2.23. The van der Waals surface area contributed by atoms with Crippen LogP contribution in [0.5, 0.6) is 0 Å². The van der Waals surface area contributed by atoms with Gasteiger partial charge in [0.05, 0.1) is 18.0 Å². The number of rotatable bonds is 6. The predicted molar refractivity (Wildman–Crippen MR) is 72.4 cm³/mol. The molecule has 0 bridgehead atoms. The van der Waals surface area contributed by atoms with Gasteiger partial charge in [-0.15, -0.1) is 0 Å². The number of aryl methyl sites for hydroxylation is 1. The third-order valence-corrected chi connectivity index (χ3v) is 3.07. The van der Waals surface area contributed by atoms with Crippen molar-refractivity contribution in [1.82, 2.24) is 10.3 Å². The Hall–Kier alpha value is -1.61. The third-order valence-electron chi connectivity index (χ3n) is 3.07. The molecule has 0 aliphatic heterocycles. The van der Waals surface area contributed by atoms with E-state index in [-0.39, 0.29) is 6.04 Å². The Morgan fingerprint density at radius 2 is 2.17 bits per heavy atom. The van der Waals surface area contributed by atoms with Crippen LogP contribution in [-0.4, -0.2) is 11.5 Å². The molecule has 1 atom stereocenters. The molecule has 96 valence electrons. The van der Waals surface area contributed by atoms with Gasteiger partial charge in [0.1, 0.15) is 5.76 Å². The van der Waals surface area contributed by atoms with E-state index in [1.54, 1.807) is 6.26 Å². The molecule has 0 saturated heterocycles. The summed E-state index contributed by atoms with van der Waals surface area (Å²) in [5, 5.41) is 3.49. The van der Waals surface area contributed by atoms with E-state index in [1.807, 2.05) is 24.4 Å². The van der Waals surface area contributed by atoms with Gasteiger partial charge < -0.3 is 9.73 Å². The molecule has 0 aliphatic carbocycles. The second kappa shape index (κ2) is 6.36. The van der Waals surface area contributed by atoms with E-state index < -0.39 is 0 Å². The first-order valence-corrected chi connectivity index (χ1v) is 6.54. The largest absolute Gasteiger partial charge is 0.469 e. The first-order valence-electron chi connectivity index (χ1n) is 6.54. The van der Waals surface area contributed by atoms with Crippen molar-refractivity contribution in [2.75, 3.05) is 6.54 Å². The number of hydrogen-bond donors (Lipinski definition) is 1. The predicted octanol–water partition coefficient (Wildman–Crippen LogP) is 3.13. The van der Waals surface area contributed by atoms with Crippen LogP contribution in [-0.2, 0) is 12.8 Å². The van der Waals surface area contributed by atoms with Gasteiger partial charge in [0, 0.05) is 12.6 Å². The highest BCUT2D eigenvalue weighted by atomic mass is 16.3. The smallest absolute Gasteiger partial charge is 0.105 e. The highest BCUT2D eigenvalue weighted by molar-refractivity contribution is 5.24. The number of aromatic nitrogens is 1. The minimum Gasteiger partial charge on any atom is -0.469 e. The molecule has 2 aromatic heterocycles. The van der Waals surface area contributed by atoms with E-state index in [4.69, 9.17) is 4.42 Å². The van der Waals surface area contributed by atoms with Gasteiger partial charge in [0.2, 0.25) is 0 Å². The van der Waals surface area contributed by atoms with Gasteiger partial charge in [0.15, 0.2) is 0 Å². The summed E-state index contributed by atoms with van der Waals surface area (Å²) in [4.78, 5) is 4.54. The Labute approximate surface area is 108 Å². The first-order chi connectivity index (χ1) is 8.85. The highest BCUT2D eigenvalue weighted by Crippen LogP contribution is 2.20. The Kier molecular flexibility index (Phi) is 4.53. The quantitative estimate of drug-likeness (QED) is 0.848. The molecule has 0 spiro atoms. The van der Waals surface area contributed by atoms with Crippen molar-refractivity contribution in [3.8, 4) is 0 Å². The maximum absolute atomic E-state index is 5.44. The summed E-state index contributed by atoms with van der Waals surface area (Å²) in [5.41, 5.74) is 2.44. The maximum Gasteiger partial charge on any atom is 0.105 e. The Morgan fingerprint density at radius 1 is 1.28 bits per heavy atom. The molecule has 2 heterocycles. The fourth-order valence-corrected chi connectivity index (χ4v) is 2.21. The van der Waals surface area contributed by atoms with Crippen LogP contribution in [0.25, 0.3) is 0 Å². The van der Waals surface area contributed by atoms with E-state index in [9.17, 15) is 0 Å². The lowest BCUT2D eigenvalue weighted by atomic mass is 10.0. The van der Waals surface area contributed by atoms with Crippen molar-refractivity contribution < 1.29 is 4.42 Å². The number of furan rings is 1. The fraction of sp³-hybridized carbons (Fsp3) is 0.400. The summed E-state index contributed by atoms with van der Waals surface area (Å²) in [7, 11) is 0. The number of likely N-dealkylation sites (N-methyl/N-ethyl adjacent to an activating group) is 1. The topological polar surface area (TPSA) is 38.1 Å².